The molecule has 1 fully saturated rings. The smallest absolute Gasteiger partial charge is 0.114 e. The van der Waals surface area contributed by atoms with E-state index >= 15 is 0 Å². The molecule has 0 aliphatic carbocycles. The number of unbranched alkanes of at least 4 members (excludes halogenated alkanes) is 10. The summed E-state index contributed by atoms with van der Waals surface area (Å²) >= 11 is 0. The molecule has 160 valence electrons. The molecule has 0 bridgehead atoms. The fourth-order valence-electron chi connectivity index (χ4n) is 3.43. The highest BCUT2D eigenvalue weighted by Gasteiger charge is 2.39. The fourth-order valence-corrected chi connectivity index (χ4v) is 3.43. The van der Waals surface area contributed by atoms with Gasteiger partial charge in [-0.1, -0.05) is 64.0 Å². The Bertz CT molecular complexity index is 359. The lowest BCUT2D eigenvalue weighted by molar-refractivity contribution is -0.211. The maximum atomic E-state index is 9.98. The van der Waals surface area contributed by atoms with Gasteiger partial charge in [-0.25, -0.2) is 0 Å². The van der Waals surface area contributed by atoms with Gasteiger partial charge in [0, 0.05) is 6.61 Å². The monoisotopic (exact) mass is 386 g/mol. The first-order valence-corrected chi connectivity index (χ1v) is 11.1. The summed E-state index contributed by atoms with van der Waals surface area (Å²) in [5.74, 6) is 0. The van der Waals surface area contributed by atoms with E-state index < -0.39 is 24.4 Å². The lowest BCUT2D eigenvalue weighted by Crippen LogP contribution is -2.55. The number of hydrogen-bond acceptors (Lipinski definition) is 5. The van der Waals surface area contributed by atoms with Gasteiger partial charge in [0.2, 0.25) is 0 Å². The Kier molecular flexibility index (Phi) is 15.0. The van der Waals surface area contributed by atoms with Crippen LogP contribution in [0.4, 0.5) is 0 Å². The van der Waals surface area contributed by atoms with Crippen molar-refractivity contribution in [3.63, 3.8) is 0 Å². The molecular formula is C22H42O5. The topological polar surface area (TPSA) is 79.2 Å². The molecule has 0 amide bonds. The SMILES string of the molecule is CCCCCCC/C=C/CCCCCCCO[C@H]1[C@H](O)[C@@H](O)CO[C@@H]1CO. The van der Waals surface area contributed by atoms with Crippen LogP contribution in [0.3, 0.4) is 0 Å². The van der Waals surface area contributed by atoms with Crippen molar-refractivity contribution in [3.05, 3.63) is 12.2 Å². The molecule has 5 heteroatoms. The molecule has 1 rings (SSSR count). The summed E-state index contributed by atoms with van der Waals surface area (Å²) in [6.07, 6.45) is 16.3. The highest BCUT2D eigenvalue weighted by molar-refractivity contribution is 4.87. The molecule has 1 heterocycles. The van der Waals surface area contributed by atoms with E-state index in [1.807, 2.05) is 0 Å². The highest BCUT2D eigenvalue weighted by atomic mass is 16.6. The van der Waals surface area contributed by atoms with Crippen molar-refractivity contribution in [3.8, 4) is 0 Å². The quantitative estimate of drug-likeness (QED) is 0.278. The summed E-state index contributed by atoms with van der Waals surface area (Å²) in [5, 5.41) is 28.9. The Hall–Kier alpha value is -0.460. The van der Waals surface area contributed by atoms with Gasteiger partial charge >= 0.3 is 0 Å². The highest BCUT2D eigenvalue weighted by Crippen LogP contribution is 2.19. The van der Waals surface area contributed by atoms with Crippen LogP contribution in [0.15, 0.2) is 12.2 Å². The third-order valence-corrected chi connectivity index (χ3v) is 5.22. The molecule has 1 aliphatic heterocycles. The Labute approximate surface area is 165 Å². The Balaban J connectivity index is 1.92. The van der Waals surface area contributed by atoms with Crippen LogP contribution in [0.25, 0.3) is 0 Å². The first-order chi connectivity index (χ1) is 13.2. The second kappa shape index (κ2) is 16.5. The number of aliphatic hydroxyl groups excluding tert-OH is 3. The van der Waals surface area contributed by atoms with Crippen LogP contribution in [-0.4, -0.2) is 59.6 Å². The average Bonchev–Trinajstić information content (AvgIpc) is 2.68. The van der Waals surface area contributed by atoms with Gasteiger partial charge in [-0.15, -0.1) is 0 Å². The molecule has 5 nitrogen and oxygen atoms in total. The third kappa shape index (κ3) is 11.2. The van der Waals surface area contributed by atoms with E-state index in [1.165, 1.54) is 64.2 Å². The average molecular weight is 387 g/mol. The van der Waals surface area contributed by atoms with Gasteiger partial charge in [0.25, 0.3) is 0 Å². The molecule has 3 N–H and O–H groups in total. The van der Waals surface area contributed by atoms with Gasteiger partial charge in [-0.05, 0) is 32.1 Å². The van der Waals surface area contributed by atoms with E-state index in [-0.39, 0.29) is 13.2 Å². The van der Waals surface area contributed by atoms with E-state index in [9.17, 15) is 15.3 Å². The van der Waals surface area contributed by atoms with Crippen LogP contribution < -0.4 is 0 Å². The second-order valence-electron chi connectivity index (χ2n) is 7.68. The number of rotatable bonds is 16. The van der Waals surface area contributed by atoms with E-state index in [1.54, 1.807) is 0 Å². The van der Waals surface area contributed by atoms with Crippen LogP contribution in [0.2, 0.25) is 0 Å². The predicted molar refractivity (Wildman–Crippen MR) is 109 cm³/mol. The molecule has 0 aromatic heterocycles. The van der Waals surface area contributed by atoms with E-state index in [2.05, 4.69) is 19.1 Å². The molecular weight excluding hydrogens is 344 g/mol. The standard InChI is InChI=1S/C22H42O5/c1-2-3-4-5-6-7-8-9-10-11-12-13-14-15-16-26-22-20(17-23)27-18-19(24)21(22)25/h8-9,19-25H,2-7,10-18H2,1H3/b9-8+/t19-,20+,21+,22+/m0/s1. The zero-order valence-corrected chi connectivity index (χ0v) is 17.2. The summed E-state index contributed by atoms with van der Waals surface area (Å²) in [7, 11) is 0. The number of ether oxygens (including phenoxy) is 2. The van der Waals surface area contributed by atoms with E-state index in [0.717, 1.165) is 12.8 Å². The van der Waals surface area contributed by atoms with Crippen molar-refractivity contribution in [2.75, 3.05) is 19.8 Å². The number of allylic oxidation sites excluding steroid dienone is 2. The van der Waals surface area contributed by atoms with Crippen molar-refractivity contribution >= 4 is 0 Å². The molecule has 0 aromatic rings. The molecule has 0 spiro atoms. The van der Waals surface area contributed by atoms with Crippen molar-refractivity contribution in [2.45, 2.75) is 108 Å². The van der Waals surface area contributed by atoms with Crippen LogP contribution >= 0.6 is 0 Å². The lowest BCUT2D eigenvalue weighted by Gasteiger charge is -2.37. The molecule has 4 atom stereocenters. The van der Waals surface area contributed by atoms with Crippen molar-refractivity contribution in [1.29, 1.82) is 0 Å². The number of aliphatic hydroxyl groups is 3. The zero-order valence-electron chi connectivity index (χ0n) is 17.2. The van der Waals surface area contributed by atoms with Crippen molar-refractivity contribution in [2.24, 2.45) is 0 Å². The zero-order chi connectivity index (χ0) is 19.7. The molecule has 0 radical (unpaired) electrons. The Morgan fingerprint density at radius 2 is 1.48 bits per heavy atom. The minimum atomic E-state index is -0.991. The van der Waals surface area contributed by atoms with Gasteiger partial charge in [-0.2, -0.15) is 0 Å². The molecule has 1 aliphatic rings. The van der Waals surface area contributed by atoms with Crippen LogP contribution in [0.5, 0.6) is 0 Å². The molecule has 1 saturated heterocycles. The fraction of sp³-hybridized carbons (Fsp3) is 0.909. The van der Waals surface area contributed by atoms with E-state index in [0.29, 0.717) is 6.61 Å². The lowest BCUT2D eigenvalue weighted by atomic mass is 10.0. The Morgan fingerprint density at radius 1 is 0.889 bits per heavy atom. The summed E-state index contributed by atoms with van der Waals surface area (Å²) in [6, 6.07) is 0. The summed E-state index contributed by atoms with van der Waals surface area (Å²) in [5.41, 5.74) is 0. The maximum absolute atomic E-state index is 9.98. The largest absolute Gasteiger partial charge is 0.394 e. The van der Waals surface area contributed by atoms with Gasteiger partial charge in [-0.3, -0.25) is 0 Å². The van der Waals surface area contributed by atoms with Gasteiger partial charge in [0.1, 0.15) is 24.4 Å². The van der Waals surface area contributed by atoms with Gasteiger partial charge in [0.05, 0.1) is 13.2 Å². The van der Waals surface area contributed by atoms with E-state index in [4.69, 9.17) is 9.47 Å². The maximum Gasteiger partial charge on any atom is 0.114 e. The Morgan fingerprint density at radius 3 is 2.11 bits per heavy atom. The van der Waals surface area contributed by atoms with Gasteiger partial charge in [0.15, 0.2) is 0 Å². The summed E-state index contributed by atoms with van der Waals surface area (Å²) in [6.45, 7) is 2.60. The minimum Gasteiger partial charge on any atom is -0.394 e. The summed E-state index contributed by atoms with van der Waals surface area (Å²) in [4.78, 5) is 0. The summed E-state index contributed by atoms with van der Waals surface area (Å²) < 4.78 is 11.0. The first kappa shape index (κ1) is 24.6. The molecule has 27 heavy (non-hydrogen) atoms. The third-order valence-electron chi connectivity index (χ3n) is 5.22. The number of hydrogen-bond donors (Lipinski definition) is 3. The normalized spacial score (nSPS) is 26.1. The first-order valence-electron chi connectivity index (χ1n) is 11.1. The second-order valence-corrected chi connectivity index (χ2v) is 7.68. The van der Waals surface area contributed by atoms with Crippen molar-refractivity contribution < 1.29 is 24.8 Å². The van der Waals surface area contributed by atoms with Gasteiger partial charge < -0.3 is 24.8 Å². The van der Waals surface area contributed by atoms with Crippen LogP contribution in [-0.2, 0) is 9.47 Å². The predicted octanol–water partition coefficient (Wildman–Crippen LogP) is 3.74. The molecule has 0 aromatic carbocycles. The van der Waals surface area contributed by atoms with Crippen LogP contribution in [0.1, 0.15) is 84.0 Å². The molecule has 0 unspecified atom stereocenters. The minimum absolute atomic E-state index is 0.0412. The van der Waals surface area contributed by atoms with Crippen molar-refractivity contribution in [1.82, 2.24) is 0 Å². The molecule has 0 saturated carbocycles. The van der Waals surface area contributed by atoms with Crippen LogP contribution in [0, 0.1) is 0 Å².